The van der Waals surface area contributed by atoms with Crippen LogP contribution in [0.1, 0.15) is 27.2 Å². The van der Waals surface area contributed by atoms with Crippen LogP contribution in [0, 0.1) is 0 Å². The Hall–Kier alpha value is -0.500. The normalized spacial score (nSPS) is 12.8. The molecule has 0 radical (unpaired) electrons. The number of nitrogens with zero attached hydrogens (tertiary/aromatic N) is 1. The maximum atomic E-state index is 9.18. The van der Waals surface area contributed by atoms with Crippen LogP contribution in [-0.4, -0.2) is 22.8 Å². The number of hydrogen-bond donors (Lipinski definition) is 1. The molecule has 1 unspecified atom stereocenters. The highest BCUT2D eigenvalue weighted by molar-refractivity contribution is 4.88. The average Bonchev–Trinajstić information content (AvgIpc) is 1.81. The topological polar surface area (TPSA) is 23.5 Å². The lowest BCUT2D eigenvalue weighted by atomic mass is 10.3. The van der Waals surface area contributed by atoms with Crippen molar-refractivity contribution in [1.82, 2.24) is 4.90 Å². The number of aliphatic hydroxyl groups is 1. The lowest BCUT2D eigenvalue weighted by Crippen LogP contribution is -2.31. The fourth-order valence-corrected chi connectivity index (χ4v) is 0.938. The highest BCUT2D eigenvalue weighted by atomic mass is 16.3. The first-order valence-corrected chi connectivity index (χ1v) is 3.69. The second kappa shape index (κ2) is 4.34. The Bertz CT molecular complexity index is 110. The molecule has 0 aromatic rings. The molecular weight excluding hydrogens is 126 g/mol. The van der Waals surface area contributed by atoms with Gasteiger partial charge in [-0.05, 0) is 20.3 Å². The smallest absolute Gasteiger partial charge is 0.123 e. The quantitative estimate of drug-likeness (QED) is 0.604. The summed E-state index contributed by atoms with van der Waals surface area (Å²) in [6, 6.07) is 0. The molecule has 0 heterocycles. The highest BCUT2D eigenvalue weighted by Gasteiger charge is 2.06. The molecule has 2 nitrogen and oxygen atoms in total. The molecule has 0 amide bonds. The van der Waals surface area contributed by atoms with Crippen molar-refractivity contribution in [3.8, 4) is 0 Å². The van der Waals surface area contributed by atoms with E-state index < -0.39 is 6.23 Å². The fourth-order valence-electron chi connectivity index (χ4n) is 0.938. The Morgan fingerprint density at radius 1 is 1.70 bits per heavy atom. The Labute approximate surface area is 63.2 Å². The predicted molar refractivity (Wildman–Crippen MR) is 43.5 cm³/mol. The predicted octanol–water partition coefficient (Wildman–Crippen LogP) is 1.57. The van der Waals surface area contributed by atoms with Gasteiger partial charge in [-0.1, -0.05) is 13.5 Å². The third kappa shape index (κ3) is 2.87. The second-order valence-electron chi connectivity index (χ2n) is 2.56. The van der Waals surface area contributed by atoms with Gasteiger partial charge in [0.05, 0.1) is 0 Å². The van der Waals surface area contributed by atoms with Crippen molar-refractivity contribution in [2.75, 3.05) is 6.54 Å². The van der Waals surface area contributed by atoms with Crippen LogP contribution < -0.4 is 0 Å². The second-order valence-corrected chi connectivity index (χ2v) is 2.56. The molecule has 0 aliphatic carbocycles. The van der Waals surface area contributed by atoms with E-state index in [2.05, 4.69) is 13.5 Å². The van der Waals surface area contributed by atoms with E-state index in [1.54, 1.807) is 6.92 Å². The van der Waals surface area contributed by atoms with Gasteiger partial charge >= 0.3 is 0 Å². The van der Waals surface area contributed by atoms with Crippen molar-refractivity contribution in [1.29, 1.82) is 0 Å². The first-order chi connectivity index (χ1) is 4.59. The SMILES string of the molecule is C=C(C)N(CCC)C(C)O. The van der Waals surface area contributed by atoms with Gasteiger partial charge in [0, 0.05) is 12.2 Å². The standard InChI is InChI=1S/C8H17NO/c1-5-6-9(7(2)3)8(4)10/h8,10H,2,5-6H2,1,3-4H3. The average molecular weight is 143 g/mol. The Balaban J connectivity index is 3.85. The van der Waals surface area contributed by atoms with E-state index in [4.69, 9.17) is 0 Å². The molecular formula is C8H17NO. The molecule has 1 atom stereocenters. The molecule has 1 N–H and O–H groups in total. The van der Waals surface area contributed by atoms with Gasteiger partial charge in [0.15, 0.2) is 0 Å². The Kier molecular flexibility index (Phi) is 4.12. The summed E-state index contributed by atoms with van der Waals surface area (Å²) >= 11 is 0. The molecule has 0 saturated carbocycles. The molecule has 0 spiro atoms. The fraction of sp³-hybridized carbons (Fsp3) is 0.750. The first-order valence-electron chi connectivity index (χ1n) is 3.69. The number of rotatable bonds is 4. The Morgan fingerprint density at radius 2 is 2.20 bits per heavy atom. The van der Waals surface area contributed by atoms with Crippen LogP contribution in [0.4, 0.5) is 0 Å². The van der Waals surface area contributed by atoms with E-state index in [0.29, 0.717) is 0 Å². The van der Waals surface area contributed by atoms with Crippen molar-refractivity contribution in [3.63, 3.8) is 0 Å². The third-order valence-electron chi connectivity index (χ3n) is 1.41. The van der Waals surface area contributed by atoms with Gasteiger partial charge in [-0.2, -0.15) is 0 Å². The maximum absolute atomic E-state index is 9.18. The maximum Gasteiger partial charge on any atom is 0.123 e. The third-order valence-corrected chi connectivity index (χ3v) is 1.41. The number of hydrogen-bond acceptors (Lipinski definition) is 2. The molecule has 0 rings (SSSR count). The van der Waals surface area contributed by atoms with Crippen molar-refractivity contribution in [2.24, 2.45) is 0 Å². The minimum absolute atomic E-state index is 0.405. The summed E-state index contributed by atoms with van der Waals surface area (Å²) in [5, 5.41) is 9.18. The van der Waals surface area contributed by atoms with Crippen LogP contribution in [-0.2, 0) is 0 Å². The summed E-state index contributed by atoms with van der Waals surface area (Å²) in [6.07, 6.45) is 0.634. The zero-order chi connectivity index (χ0) is 8.15. The van der Waals surface area contributed by atoms with E-state index in [1.807, 2.05) is 11.8 Å². The van der Waals surface area contributed by atoms with Crippen LogP contribution in [0.2, 0.25) is 0 Å². The van der Waals surface area contributed by atoms with Crippen LogP contribution in [0.3, 0.4) is 0 Å². The summed E-state index contributed by atoms with van der Waals surface area (Å²) in [7, 11) is 0. The summed E-state index contributed by atoms with van der Waals surface area (Å²) in [5.41, 5.74) is 0.928. The molecule has 0 aromatic carbocycles. The minimum Gasteiger partial charge on any atom is -0.374 e. The van der Waals surface area contributed by atoms with E-state index in [1.165, 1.54) is 0 Å². The lowest BCUT2D eigenvalue weighted by molar-refractivity contribution is 0.0451. The summed E-state index contributed by atoms with van der Waals surface area (Å²) in [4.78, 5) is 1.88. The van der Waals surface area contributed by atoms with E-state index in [-0.39, 0.29) is 0 Å². The van der Waals surface area contributed by atoms with Gasteiger partial charge in [-0.3, -0.25) is 0 Å². The molecule has 0 aliphatic rings. The molecule has 0 saturated heterocycles. The van der Waals surface area contributed by atoms with Gasteiger partial charge in [-0.25, -0.2) is 0 Å². The summed E-state index contributed by atoms with van der Waals surface area (Å²) < 4.78 is 0. The first kappa shape index (κ1) is 9.50. The number of aliphatic hydroxyl groups excluding tert-OH is 1. The zero-order valence-electron chi connectivity index (χ0n) is 7.09. The lowest BCUT2D eigenvalue weighted by Gasteiger charge is -2.26. The molecule has 2 heteroatoms. The van der Waals surface area contributed by atoms with Gasteiger partial charge in [0.2, 0.25) is 0 Å². The van der Waals surface area contributed by atoms with Crippen molar-refractivity contribution >= 4 is 0 Å². The van der Waals surface area contributed by atoms with Gasteiger partial charge < -0.3 is 10.0 Å². The van der Waals surface area contributed by atoms with Crippen LogP contribution in [0.25, 0.3) is 0 Å². The van der Waals surface area contributed by atoms with E-state index in [0.717, 1.165) is 18.7 Å². The molecule has 0 aromatic heterocycles. The Morgan fingerprint density at radius 3 is 2.30 bits per heavy atom. The van der Waals surface area contributed by atoms with Gasteiger partial charge in [0.1, 0.15) is 6.23 Å². The highest BCUT2D eigenvalue weighted by Crippen LogP contribution is 2.04. The van der Waals surface area contributed by atoms with E-state index >= 15 is 0 Å². The largest absolute Gasteiger partial charge is 0.374 e. The summed E-state index contributed by atoms with van der Waals surface area (Å²) in [5.74, 6) is 0. The van der Waals surface area contributed by atoms with Crippen molar-refractivity contribution in [2.45, 2.75) is 33.4 Å². The van der Waals surface area contributed by atoms with Crippen molar-refractivity contribution < 1.29 is 5.11 Å². The molecule has 0 bridgehead atoms. The minimum atomic E-state index is -0.405. The van der Waals surface area contributed by atoms with Crippen molar-refractivity contribution in [3.05, 3.63) is 12.3 Å². The monoisotopic (exact) mass is 143 g/mol. The van der Waals surface area contributed by atoms with Crippen LogP contribution in [0.15, 0.2) is 12.3 Å². The number of allylic oxidation sites excluding steroid dienone is 1. The molecule has 10 heavy (non-hydrogen) atoms. The molecule has 0 aliphatic heterocycles. The van der Waals surface area contributed by atoms with Gasteiger partial charge in [0.25, 0.3) is 0 Å². The van der Waals surface area contributed by atoms with Crippen LogP contribution in [0.5, 0.6) is 0 Å². The summed E-state index contributed by atoms with van der Waals surface area (Å²) in [6.45, 7) is 10.4. The molecule has 0 fully saturated rings. The zero-order valence-corrected chi connectivity index (χ0v) is 7.09. The molecule has 60 valence electrons. The van der Waals surface area contributed by atoms with E-state index in [9.17, 15) is 5.11 Å². The van der Waals surface area contributed by atoms with Gasteiger partial charge in [-0.15, -0.1) is 0 Å². The van der Waals surface area contributed by atoms with Crippen LogP contribution >= 0.6 is 0 Å².